The van der Waals surface area contributed by atoms with Crippen molar-refractivity contribution in [2.45, 2.75) is 31.7 Å². The number of carbonyl (C=O) groups is 2. The van der Waals surface area contributed by atoms with Crippen LogP contribution >= 0.6 is 23.2 Å². The van der Waals surface area contributed by atoms with Crippen molar-refractivity contribution in [1.29, 1.82) is 0 Å². The average molecular weight is 492 g/mol. The van der Waals surface area contributed by atoms with Crippen molar-refractivity contribution >= 4 is 50.9 Å². The quantitative estimate of drug-likeness (QED) is 0.547. The van der Waals surface area contributed by atoms with E-state index in [4.69, 9.17) is 27.9 Å². The number of benzene rings is 1. The van der Waals surface area contributed by atoms with Gasteiger partial charge in [0.2, 0.25) is 10.0 Å². The van der Waals surface area contributed by atoms with Gasteiger partial charge in [-0.05, 0) is 30.5 Å². The van der Waals surface area contributed by atoms with E-state index in [1.54, 1.807) is 20.8 Å². The molecule has 2 rings (SSSR count). The topological polar surface area (TPSA) is 114 Å². The van der Waals surface area contributed by atoms with E-state index in [9.17, 15) is 22.4 Å². The van der Waals surface area contributed by atoms with E-state index in [0.717, 1.165) is 12.1 Å². The Kier molecular flexibility index (Phi) is 8.35. The van der Waals surface area contributed by atoms with E-state index in [1.165, 1.54) is 18.3 Å². The van der Waals surface area contributed by atoms with E-state index in [2.05, 4.69) is 15.0 Å². The molecule has 0 unspecified atom stereocenters. The molecule has 1 aromatic heterocycles. The molecule has 0 aliphatic carbocycles. The molecule has 1 atom stereocenters. The summed E-state index contributed by atoms with van der Waals surface area (Å²) in [6, 6.07) is 3.39. The van der Waals surface area contributed by atoms with E-state index in [-0.39, 0.29) is 10.8 Å². The number of nitrogens with one attached hydrogen (secondary N) is 2. The van der Waals surface area contributed by atoms with Gasteiger partial charge in [0.25, 0.3) is 5.91 Å². The number of rotatable bonds is 8. The first-order chi connectivity index (χ1) is 14.4. The lowest BCUT2D eigenvalue weighted by Crippen LogP contribution is -2.46. The monoisotopic (exact) mass is 491 g/mol. The van der Waals surface area contributed by atoms with Crippen LogP contribution in [0.15, 0.2) is 35.4 Å². The highest BCUT2D eigenvalue weighted by molar-refractivity contribution is 7.89. The zero-order valence-corrected chi connectivity index (χ0v) is 19.1. The number of nitrogens with zero attached hydrogens (tertiary/aromatic N) is 1. The van der Waals surface area contributed by atoms with Gasteiger partial charge in [0, 0.05) is 6.20 Å². The molecule has 168 valence electrons. The third-order valence-corrected chi connectivity index (χ3v) is 6.45. The van der Waals surface area contributed by atoms with Gasteiger partial charge in [0.05, 0.1) is 10.0 Å². The van der Waals surface area contributed by atoms with Crippen molar-refractivity contribution in [3.05, 3.63) is 51.9 Å². The van der Waals surface area contributed by atoms with Gasteiger partial charge < -0.3 is 10.1 Å². The van der Waals surface area contributed by atoms with Crippen LogP contribution in [0.4, 0.5) is 10.2 Å². The van der Waals surface area contributed by atoms with Gasteiger partial charge in [-0.2, -0.15) is 4.72 Å². The Labute approximate surface area is 189 Å². The smallest absolute Gasteiger partial charge is 0.324 e. The van der Waals surface area contributed by atoms with Gasteiger partial charge in [-0.1, -0.05) is 49.2 Å². The van der Waals surface area contributed by atoms with Crippen molar-refractivity contribution in [3.8, 4) is 0 Å². The molecule has 2 N–H and O–H groups in total. The van der Waals surface area contributed by atoms with Gasteiger partial charge in [0.1, 0.15) is 16.8 Å². The molecule has 12 heteroatoms. The molecule has 0 fully saturated rings. The summed E-state index contributed by atoms with van der Waals surface area (Å²) in [4.78, 5) is 27.8. The number of ether oxygens (including phenoxy) is 1. The molecule has 0 aliphatic heterocycles. The third-order valence-electron chi connectivity index (χ3n) is 4.13. The van der Waals surface area contributed by atoms with Crippen LogP contribution in [0.25, 0.3) is 0 Å². The Balaban J connectivity index is 2.05. The first-order valence-electron chi connectivity index (χ1n) is 8.98. The fourth-order valence-electron chi connectivity index (χ4n) is 2.39. The second-order valence-corrected chi connectivity index (χ2v) is 9.29. The second kappa shape index (κ2) is 10.4. The highest BCUT2D eigenvalue weighted by Gasteiger charge is 2.31. The lowest BCUT2D eigenvalue weighted by Gasteiger charge is -2.21. The zero-order chi connectivity index (χ0) is 23.3. The minimum atomic E-state index is -4.35. The lowest BCUT2D eigenvalue weighted by atomic mass is 10.1. The minimum Gasteiger partial charge on any atom is -0.454 e. The summed E-state index contributed by atoms with van der Waals surface area (Å²) in [6.07, 6.45) is 1.30. The average Bonchev–Trinajstić information content (AvgIpc) is 2.70. The van der Waals surface area contributed by atoms with Gasteiger partial charge in [-0.3, -0.25) is 9.59 Å². The predicted molar refractivity (Wildman–Crippen MR) is 114 cm³/mol. The molecule has 1 heterocycles. The minimum absolute atomic E-state index is 0.0327. The number of pyridine rings is 1. The van der Waals surface area contributed by atoms with Crippen LogP contribution in [0.2, 0.25) is 10.0 Å². The van der Waals surface area contributed by atoms with Crippen molar-refractivity contribution < 1.29 is 27.1 Å². The SMILES string of the molecule is Cc1c(Cl)cnc(NC(=O)COC(=O)[C@@H](NS(=O)(=O)c2ccccc2F)C(C)C)c1Cl. The summed E-state index contributed by atoms with van der Waals surface area (Å²) in [5, 5.41) is 2.82. The Morgan fingerprint density at radius 1 is 1.23 bits per heavy atom. The first kappa shape index (κ1) is 25.0. The molecular weight excluding hydrogens is 472 g/mol. The Hall–Kier alpha value is -2.27. The summed E-state index contributed by atoms with van der Waals surface area (Å²) in [6.45, 7) is 4.05. The molecule has 0 aliphatic rings. The standard InChI is InChI=1S/C19H20Cl2FN3O5S/c1-10(2)17(25-31(28,29)14-7-5-4-6-13(14)22)19(27)30-9-15(26)24-18-16(21)11(3)12(20)8-23-18/h4-8,10,17,25H,9H2,1-3H3,(H,23,24,26)/t17-/m0/s1. The molecule has 31 heavy (non-hydrogen) atoms. The molecule has 0 spiro atoms. The molecule has 8 nitrogen and oxygen atoms in total. The van der Waals surface area contributed by atoms with Crippen LogP contribution in [-0.4, -0.2) is 37.9 Å². The number of sulfonamides is 1. The molecule has 1 amide bonds. The van der Waals surface area contributed by atoms with E-state index in [1.807, 2.05) is 0 Å². The largest absolute Gasteiger partial charge is 0.454 e. The number of esters is 1. The summed E-state index contributed by atoms with van der Waals surface area (Å²) < 4.78 is 45.9. The van der Waals surface area contributed by atoms with Crippen molar-refractivity contribution in [1.82, 2.24) is 9.71 Å². The zero-order valence-electron chi connectivity index (χ0n) is 16.8. The highest BCUT2D eigenvalue weighted by atomic mass is 35.5. The van der Waals surface area contributed by atoms with Gasteiger partial charge >= 0.3 is 5.97 Å². The maximum absolute atomic E-state index is 13.9. The maximum atomic E-state index is 13.9. The van der Waals surface area contributed by atoms with Crippen LogP contribution in [-0.2, 0) is 24.3 Å². The first-order valence-corrected chi connectivity index (χ1v) is 11.2. The van der Waals surface area contributed by atoms with Crippen LogP contribution in [0.1, 0.15) is 19.4 Å². The van der Waals surface area contributed by atoms with Crippen molar-refractivity contribution in [3.63, 3.8) is 0 Å². The Bertz CT molecular complexity index is 1100. The summed E-state index contributed by atoms with van der Waals surface area (Å²) in [5.74, 6) is -3.23. The van der Waals surface area contributed by atoms with Crippen LogP contribution < -0.4 is 10.0 Å². The van der Waals surface area contributed by atoms with E-state index >= 15 is 0 Å². The molecule has 2 aromatic rings. The molecule has 0 bridgehead atoms. The van der Waals surface area contributed by atoms with Gasteiger partial charge in [0.15, 0.2) is 12.4 Å². The number of hydrogen-bond donors (Lipinski definition) is 2. The molecule has 1 aromatic carbocycles. The van der Waals surface area contributed by atoms with E-state index < -0.39 is 51.2 Å². The van der Waals surface area contributed by atoms with Crippen molar-refractivity contribution in [2.75, 3.05) is 11.9 Å². The molecular formula is C19H20Cl2FN3O5S. The number of anilines is 1. The third kappa shape index (κ3) is 6.36. The summed E-state index contributed by atoms with van der Waals surface area (Å²) in [5.41, 5.74) is 0.507. The predicted octanol–water partition coefficient (Wildman–Crippen LogP) is 3.32. The number of halogens is 3. The summed E-state index contributed by atoms with van der Waals surface area (Å²) in [7, 11) is -4.35. The fraction of sp³-hybridized carbons (Fsp3) is 0.316. The Morgan fingerprint density at radius 2 is 1.87 bits per heavy atom. The number of hydrogen-bond acceptors (Lipinski definition) is 6. The summed E-state index contributed by atoms with van der Waals surface area (Å²) >= 11 is 12.0. The maximum Gasteiger partial charge on any atom is 0.324 e. The lowest BCUT2D eigenvalue weighted by molar-refractivity contribution is -0.150. The molecule has 0 saturated carbocycles. The number of carbonyl (C=O) groups excluding carboxylic acids is 2. The number of aromatic nitrogens is 1. The molecule has 0 radical (unpaired) electrons. The van der Waals surface area contributed by atoms with Crippen LogP contribution in [0.5, 0.6) is 0 Å². The molecule has 0 saturated heterocycles. The van der Waals surface area contributed by atoms with Crippen LogP contribution in [0, 0.1) is 18.7 Å². The van der Waals surface area contributed by atoms with Crippen molar-refractivity contribution in [2.24, 2.45) is 5.92 Å². The van der Waals surface area contributed by atoms with Gasteiger partial charge in [-0.15, -0.1) is 0 Å². The Morgan fingerprint density at radius 3 is 2.48 bits per heavy atom. The van der Waals surface area contributed by atoms with Gasteiger partial charge in [-0.25, -0.2) is 17.8 Å². The second-order valence-electron chi connectivity index (χ2n) is 6.82. The number of amides is 1. The van der Waals surface area contributed by atoms with E-state index in [0.29, 0.717) is 10.6 Å². The highest BCUT2D eigenvalue weighted by Crippen LogP contribution is 2.28. The fourth-order valence-corrected chi connectivity index (χ4v) is 4.19. The normalized spacial score (nSPS) is 12.5. The van der Waals surface area contributed by atoms with Crippen LogP contribution in [0.3, 0.4) is 0 Å².